The number of aromatic nitrogens is 2. The van der Waals surface area contributed by atoms with Gasteiger partial charge in [0.2, 0.25) is 5.95 Å². The van der Waals surface area contributed by atoms with E-state index in [4.69, 9.17) is 0 Å². The van der Waals surface area contributed by atoms with E-state index in [-0.39, 0.29) is 5.91 Å². The summed E-state index contributed by atoms with van der Waals surface area (Å²) in [5.41, 5.74) is 2.76. The molecule has 1 aliphatic rings. The highest BCUT2D eigenvalue weighted by atomic mass is 16.2. The second kappa shape index (κ2) is 6.77. The van der Waals surface area contributed by atoms with Crippen molar-refractivity contribution in [3.05, 3.63) is 47.8 Å². The number of carbonyl (C=O) groups is 1. The van der Waals surface area contributed by atoms with Gasteiger partial charge in [-0.15, -0.1) is 0 Å². The first kappa shape index (κ1) is 15.5. The molecule has 0 saturated carbocycles. The van der Waals surface area contributed by atoms with Crippen LogP contribution in [0.5, 0.6) is 0 Å². The van der Waals surface area contributed by atoms with Gasteiger partial charge in [-0.05, 0) is 30.4 Å². The van der Waals surface area contributed by atoms with Crippen molar-refractivity contribution in [1.82, 2.24) is 9.97 Å². The molecule has 0 atom stereocenters. The summed E-state index contributed by atoms with van der Waals surface area (Å²) >= 11 is 0. The van der Waals surface area contributed by atoms with Gasteiger partial charge in [0.25, 0.3) is 5.91 Å². The molecule has 1 amide bonds. The van der Waals surface area contributed by atoms with Crippen molar-refractivity contribution in [3.8, 4) is 0 Å². The molecule has 1 aliphatic heterocycles. The van der Waals surface area contributed by atoms with Crippen LogP contribution in [0.3, 0.4) is 0 Å². The van der Waals surface area contributed by atoms with E-state index >= 15 is 0 Å². The standard InChI is InChI=1S/C18H22N4O/c1-13(2)10-19-18-20-11-15(12-21-18)17(23)22-9-5-7-14-6-3-4-8-16(14)22/h3-4,6,8,11-13H,5,7,9-10H2,1-2H3,(H,19,20,21). The molecular formula is C18H22N4O. The fourth-order valence-electron chi connectivity index (χ4n) is 2.73. The van der Waals surface area contributed by atoms with Crippen LogP contribution in [0.4, 0.5) is 11.6 Å². The smallest absolute Gasteiger partial charge is 0.261 e. The lowest BCUT2D eigenvalue weighted by Gasteiger charge is -2.29. The van der Waals surface area contributed by atoms with Gasteiger partial charge in [0.1, 0.15) is 0 Å². The van der Waals surface area contributed by atoms with Gasteiger partial charge in [0.15, 0.2) is 0 Å². The Hall–Kier alpha value is -2.43. The summed E-state index contributed by atoms with van der Waals surface area (Å²) in [6.45, 7) is 5.80. The number of aryl methyl sites for hydroxylation is 1. The minimum Gasteiger partial charge on any atom is -0.354 e. The maximum absolute atomic E-state index is 12.8. The number of fused-ring (bicyclic) bond motifs is 1. The Morgan fingerprint density at radius 3 is 2.74 bits per heavy atom. The van der Waals surface area contributed by atoms with Gasteiger partial charge >= 0.3 is 0 Å². The van der Waals surface area contributed by atoms with E-state index in [1.54, 1.807) is 12.4 Å². The molecule has 23 heavy (non-hydrogen) atoms. The summed E-state index contributed by atoms with van der Waals surface area (Å²) in [5, 5.41) is 3.16. The van der Waals surface area contributed by atoms with Crippen LogP contribution in [-0.2, 0) is 6.42 Å². The van der Waals surface area contributed by atoms with Gasteiger partial charge in [-0.1, -0.05) is 32.0 Å². The summed E-state index contributed by atoms with van der Waals surface area (Å²) in [7, 11) is 0. The normalized spacial score (nSPS) is 13.8. The predicted octanol–water partition coefficient (Wildman–Crippen LogP) is 3.14. The van der Waals surface area contributed by atoms with Crippen molar-refractivity contribution in [2.24, 2.45) is 5.92 Å². The van der Waals surface area contributed by atoms with Gasteiger partial charge in [-0.3, -0.25) is 4.79 Å². The molecule has 1 N–H and O–H groups in total. The molecule has 2 heterocycles. The molecule has 0 bridgehead atoms. The Bertz CT molecular complexity index is 682. The van der Waals surface area contributed by atoms with Crippen LogP contribution in [0.25, 0.3) is 0 Å². The van der Waals surface area contributed by atoms with Crippen LogP contribution in [0.1, 0.15) is 36.2 Å². The topological polar surface area (TPSA) is 58.1 Å². The van der Waals surface area contributed by atoms with Crippen molar-refractivity contribution < 1.29 is 4.79 Å². The molecule has 0 radical (unpaired) electrons. The molecule has 120 valence electrons. The van der Waals surface area contributed by atoms with E-state index in [1.807, 2.05) is 23.1 Å². The highest BCUT2D eigenvalue weighted by Crippen LogP contribution is 2.27. The van der Waals surface area contributed by atoms with Crippen LogP contribution in [0.2, 0.25) is 0 Å². The third-order valence-electron chi connectivity index (χ3n) is 3.92. The molecular weight excluding hydrogens is 288 g/mol. The number of carbonyl (C=O) groups excluding carboxylic acids is 1. The van der Waals surface area contributed by atoms with Crippen molar-refractivity contribution in [1.29, 1.82) is 0 Å². The molecule has 0 aliphatic carbocycles. The lowest BCUT2D eigenvalue weighted by Crippen LogP contribution is -2.35. The lowest BCUT2D eigenvalue weighted by atomic mass is 10.0. The largest absolute Gasteiger partial charge is 0.354 e. The molecule has 1 aromatic carbocycles. The zero-order valence-corrected chi connectivity index (χ0v) is 13.6. The van der Waals surface area contributed by atoms with Crippen molar-refractivity contribution in [2.45, 2.75) is 26.7 Å². The number of hydrogen-bond donors (Lipinski definition) is 1. The van der Waals surface area contributed by atoms with Gasteiger partial charge in [0, 0.05) is 31.2 Å². The Balaban J connectivity index is 1.76. The lowest BCUT2D eigenvalue weighted by molar-refractivity contribution is 0.0984. The van der Waals surface area contributed by atoms with Crippen LogP contribution >= 0.6 is 0 Å². The number of hydrogen-bond acceptors (Lipinski definition) is 4. The second-order valence-electron chi connectivity index (χ2n) is 6.26. The van der Waals surface area contributed by atoms with Gasteiger partial charge in [-0.2, -0.15) is 0 Å². The molecule has 0 unspecified atom stereocenters. The van der Waals surface area contributed by atoms with Gasteiger partial charge in [-0.25, -0.2) is 9.97 Å². The first-order chi connectivity index (χ1) is 11.1. The Labute approximate surface area is 136 Å². The van der Waals surface area contributed by atoms with Crippen molar-refractivity contribution in [2.75, 3.05) is 23.3 Å². The van der Waals surface area contributed by atoms with E-state index in [2.05, 4.69) is 35.2 Å². The highest BCUT2D eigenvalue weighted by molar-refractivity contribution is 6.06. The molecule has 1 aromatic heterocycles. The molecule has 5 heteroatoms. The van der Waals surface area contributed by atoms with Crippen LogP contribution in [0, 0.1) is 5.92 Å². The fourth-order valence-corrected chi connectivity index (χ4v) is 2.73. The quantitative estimate of drug-likeness (QED) is 0.942. The van der Waals surface area contributed by atoms with E-state index < -0.39 is 0 Å². The Morgan fingerprint density at radius 1 is 1.26 bits per heavy atom. The van der Waals surface area contributed by atoms with Gasteiger partial charge < -0.3 is 10.2 Å². The van der Waals surface area contributed by atoms with Crippen molar-refractivity contribution >= 4 is 17.5 Å². The summed E-state index contributed by atoms with van der Waals surface area (Å²) in [6, 6.07) is 8.08. The zero-order valence-electron chi connectivity index (χ0n) is 13.6. The summed E-state index contributed by atoms with van der Waals surface area (Å²) in [5.74, 6) is 1.05. The highest BCUT2D eigenvalue weighted by Gasteiger charge is 2.23. The zero-order chi connectivity index (χ0) is 16.2. The third-order valence-corrected chi connectivity index (χ3v) is 3.92. The number of nitrogens with zero attached hydrogens (tertiary/aromatic N) is 3. The van der Waals surface area contributed by atoms with Gasteiger partial charge in [0.05, 0.1) is 5.56 Å². The van der Waals surface area contributed by atoms with Crippen LogP contribution < -0.4 is 10.2 Å². The molecule has 5 nitrogen and oxygen atoms in total. The van der Waals surface area contributed by atoms with E-state index in [9.17, 15) is 4.79 Å². The van der Waals surface area contributed by atoms with E-state index in [0.717, 1.165) is 31.6 Å². The molecule has 2 aromatic rings. The molecule has 3 rings (SSSR count). The van der Waals surface area contributed by atoms with Crippen molar-refractivity contribution in [3.63, 3.8) is 0 Å². The maximum atomic E-state index is 12.8. The van der Waals surface area contributed by atoms with Crippen LogP contribution in [0.15, 0.2) is 36.7 Å². The minimum atomic E-state index is -0.0347. The number of rotatable bonds is 4. The number of benzene rings is 1. The van der Waals surface area contributed by atoms with E-state index in [0.29, 0.717) is 17.4 Å². The monoisotopic (exact) mass is 310 g/mol. The average molecular weight is 310 g/mol. The third kappa shape index (κ3) is 3.50. The number of para-hydroxylation sites is 1. The first-order valence-electron chi connectivity index (χ1n) is 8.11. The fraction of sp³-hybridized carbons (Fsp3) is 0.389. The number of anilines is 2. The summed E-state index contributed by atoms with van der Waals surface area (Å²) in [6.07, 6.45) is 5.22. The average Bonchev–Trinajstić information content (AvgIpc) is 2.59. The minimum absolute atomic E-state index is 0.0347. The predicted molar refractivity (Wildman–Crippen MR) is 91.8 cm³/mol. The Morgan fingerprint density at radius 2 is 2.00 bits per heavy atom. The number of nitrogens with one attached hydrogen (secondary N) is 1. The number of amides is 1. The maximum Gasteiger partial charge on any atom is 0.261 e. The summed E-state index contributed by atoms with van der Waals surface area (Å²) < 4.78 is 0. The molecule has 0 fully saturated rings. The molecule has 0 spiro atoms. The molecule has 0 saturated heterocycles. The SMILES string of the molecule is CC(C)CNc1ncc(C(=O)N2CCCc3ccccc32)cn1. The first-order valence-corrected chi connectivity index (χ1v) is 8.11. The van der Waals surface area contributed by atoms with Crippen LogP contribution in [-0.4, -0.2) is 29.0 Å². The van der Waals surface area contributed by atoms with E-state index in [1.165, 1.54) is 5.56 Å². The summed E-state index contributed by atoms with van der Waals surface area (Å²) in [4.78, 5) is 23.1. The second-order valence-corrected chi connectivity index (χ2v) is 6.26. The Kier molecular flexibility index (Phi) is 4.55.